The van der Waals surface area contributed by atoms with Gasteiger partial charge in [0.05, 0.1) is 0 Å². The number of fused-ring (bicyclic) bond motifs is 2. The van der Waals surface area contributed by atoms with Crippen LogP contribution in [-0.4, -0.2) is 19.1 Å². The van der Waals surface area contributed by atoms with E-state index < -0.39 is 34.4 Å². The van der Waals surface area contributed by atoms with Gasteiger partial charge in [-0.1, -0.05) is 19.4 Å². The zero-order chi connectivity index (χ0) is 20.7. The van der Waals surface area contributed by atoms with Crippen LogP contribution in [0.4, 0.5) is 13.2 Å². The molecule has 0 fully saturated rings. The highest BCUT2D eigenvalue weighted by molar-refractivity contribution is 7.86. The molecule has 0 bridgehead atoms. The molecule has 0 saturated heterocycles. The molecule has 4 nitrogen and oxygen atoms in total. The molecular weight excluding hydrogens is 413 g/mol. The summed E-state index contributed by atoms with van der Waals surface area (Å²) < 4.78 is 71.1. The summed E-state index contributed by atoms with van der Waals surface area (Å²) in [6.07, 6.45) is -3.18. The van der Waals surface area contributed by atoms with Crippen molar-refractivity contribution in [1.82, 2.24) is 0 Å². The third kappa shape index (κ3) is 4.58. The summed E-state index contributed by atoms with van der Waals surface area (Å²) in [6.45, 7) is 2.09. The van der Waals surface area contributed by atoms with E-state index in [4.69, 9.17) is 0 Å². The Hall–Kier alpha value is -1.45. The van der Waals surface area contributed by atoms with Gasteiger partial charge in [-0.3, -0.25) is 9.35 Å². The Morgan fingerprint density at radius 3 is 2.64 bits per heavy atom. The van der Waals surface area contributed by atoms with Gasteiger partial charge in [-0.05, 0) is 49.3 Å². The van der Waals surface area contributed by atoms with Crippen LogP contribution in [0.3, 0.4) is 0 Å². The lowest BCUT2D eigenvalue weighted by molar-refractivity contribution is -0.135. The maximum absolute atomic E-state index is 12.8. The predicted molar refractivity (Wildman–Crippen MR) is 103 cm³/mol. The second-order valence-corrected chi connectivity index (χ2v) is 10.00. The van der Waals surface area contributed by atoms with Crippen LogP contribution in [0.2, 0.25) is 0 Å². The van der Waals surface area contributed by atoms with Crippen LogP contribution in [0.5, 0.6) is 0 Å². The first-order valence-corrected chi connectivity index (χ1v) is 11.4. The molecule has 1 aliphatic carbocycles. The van der Waals surface area contributed by atoms with Crippen LogP contribution in [0.1, 0.15) is 53.9 Å². The lowest BCUT2D eigenvalue weighted by Gasteiger charge is -2.23. The fraction of sp³-hybridized carbons (Fsp3) is 0.526. The lowest BCUT2D eigenvalue weighted by atomic mass is 9.86. The van der Waals surface area contributed by atoms with E-state index in [-0.39, 0.29) is 11.0 Å². The van der Waals surface area contributed by atoms with Crippen molar-refractivity contribution in [3.63, 3.8) is 0 Å². The third-order valence-corrected chi connectivity index (χ3v) is 7.81. The number of halogens is 3. The number of alkyl halides is 3. The van der Waals surface area contributed by atoms with Gasteiger partial charge in [0.1, 0.15) is 5.25 Å². The molecule has 9 heteroatoms. The van der Waals surface area contributed by atoms with E-state index in [0.717, 1.165) is 29.7 Å². The molecule has 3 rings (SSSR count). The Bertz CT molecular complexity index is 1040. The van der Waals surface area contributed by atoms with Crippen molar-refractivity contribution in [2.45, 2.75) is 56.9 Å². The van der Waals surface area contributed by atoms with E-state index in [1.54, 1.807) is 0 Å². The molecule has 1 heterocycles. The zero-order valence-electron chi connectivity index (χ0n) is 15.3. The molecule has 0 aliphatic heterocycles. The van der Waals surface area contributed by atoms with E-state index >= 15 is 0 Å². The van der Waals surface area contributed by atoms with E-state index in [2.05, 4.69) is 6.92 Å². The second kappa shape index (κ2) is 7.76. The van der Waals surface area contributed by atoms with Gasteiger partial charge in [-0.15, -0.1) is 11.3 Å². The van der Waals surface area contributed by atoms with E-state index in [1.165, 1.54) is 29.5 Å². The van der Waals surface area contributed by atoms with Gasteiger partial charge in [-0.2, -0.15) is 21.6 Å². The SMILES string of the molecule is CCC1CCc2c(sc3cc(C(CCC(F)(F)F)S(=O)(=O)O)ccc3c2=O)C1. The first-order valence-electron chi connectivity index (χ1n) is 9.11. The average Bonchev–Trinajstić information content (AvgIpc) is 2.59. The quantitative estimate of drug-likeness (QED) is 0.669. The van der Waals surface area contributed by atoms with Gasteiger partial charge in [0.15, 0.2) is 5.43 Å². The standard InChI is InChI=1S/C19H21F3O4S2/c1-2-11-3-5-13-15(9-11)27-16-10-12(4-6-14(16)18(13)23)17(28(24,25)26)7-8-19(20,21)22/h4,6,10-11,17H,2-3,5,7-9H2,1H3,(H,24,25,26). The molecule has 0 spiro atoms. The molecule has 1 aliphatic rings. The minimum atomic E-state index is -4.72. The smallest absolute Gasteiger partial charge is 0.289 e. The highest BCUT2D eigenvalue weighted by Crippen LogP contribution is 2.36. The van der Waals surface area contributed by atoms with Crippen molar-refractivity contribution in [2.75, 3.05) is 0 Å². The number of rotatable bonds is 5. The molecule has 0 saturated carbocycles. The first kappa shape index (κ1) is 21.3. The molecular formula is C19H21F3O4S2. The average molecular weight is 435 g/mol. The number of hydrogen-bond donors (Lipinski definition) is 1. The summed E-state index contributed by atoms with van der Waals surface area (Å²) in [4.78, 5) is 13.8. The van der Waals surface area contributed by atoms with Crippen molar-refractivity contribution in [3.05, 3.63) is 44.4 Å². The monoisotopic (exact) mass is 434 g/mol. The number of benzene rings is 1. The summed E-state index contributed by atoms with van der Waals surface area (Å²) in [7, 11) is -4.72. The van der Waals surface area contributed by atoms with Crippen LogP contribution >= 0.6 is 11.3 Å². The minimum absolute atomic E-state index is 0.0673. The Labute approximate surface area is 165 Å². The topological polar surface area (TPSA) is 71.4 Å². The van der Waals surface area contributed by atoms with Crippen LogP contribution in [-0.2, 0) is 23.0 Å². The normalized spacial score (nSPS) is 18.8. The van der Waals surface area contributed by atoms with Crippen molar-refractivity contribution in [3.8, 4) is 0 Å². The lowest BCUT2D eigenvalue weighted by Crippen LogP contribution is -2.20. The van der Waals surface area contributed by atoms with Crippen LogP contribution in [0.15, 0.2) is 23.0 Å². The molecule has 1 aromatic carbocycles. The summed E-state index contributed by atoms with van der Waals surface area (Å²) in [5.41, 5.74) is 0.764. The molecule has 2 atom stereocenters. The molecule has 0 radical (unpaired) electrons. The van der Waals surface area contributed by atoms with Crippen molar-refractivity contribution in [1.29, 1.82) is 0 Å². The molecule has 2 unspecified atom stereocenters. The predicted octanol–water partition coefficient (Wildman–Crippen LogP) is 5.05. The third-order valence-electron chi connectivity index (χ3n) is 5.37. The fourth-order valence-electron chi connectivity index (χ4n) is 3.76. The van der Waals surface area contributed by atoms with Gasteiger partial charge >= 0.3 is 6.18 Å². The molecule has 154 valence electrons. The van der Waals surface area contributed by atoms with Gasteiger partial charge in [0, 0.05) is 26.9 Å². The molecule has 1 aromatic heterocycles. The van der Waals surface area contributed by atoms with E-state index in [1.807, 2.05) is 0 Å². The summed E-state index contributed by atoms with van der Waals surface area (Å²) in [5.74, 6) is 0.487. The second-order valence-electron chi connectivity index (χ2n) is 7.26. The Morgan fingerprint density at radius 2 is 2.04 bits per heavy atom. The van der Waals surface area contributed by atoms with E-state index in [9.17, 15) is 30.9 Å². The zero-order valence-corrected chi connectivity index (χ0v) is 16.9. The number of hydrogen-bond acceptors (Lipinski definition) is 4. The Morgan fingerprint density at radius 1 is 1.32 bits per heavy atom. The van der Waals surface area contributed by atoms with Gasteiger partial charge in [0.2, 0.25) is 0 Å². The van der Waals surface area contributed by atoms with Crippen LogP contribution < -0.4 is 5.43 Å². The van der Waals surface area contributed by atoms with Crippen LogP contribution in [0.25, 0.3) is 10.1 Å². The van der Waals surface area contributed by atoms with E-state index in [0.29, 0.717) is 22.4 Å². The van der Waals surface area contributed by atoms with Crippen molar-refractivity contribution < 1.29 is 26.1 Å². The first-order chi connectivity index (χ1) is 13.0. The summed E-state index contributed by atoms with van der Waals surface area (Å²) in [6, 6.07) is 4.23. The highest BCUT2D eigenvalue weighted by Gasteiger charge is 2.33. The highest BCUT2D eigenvalue weighted by atomic mass is 32.2. The van der Waals surface area contributed by atoms with Gasteiger partial charge in [-0.25, -0.2) is 0 Å². The van der Waals surface area contributed by atoms with Crippen molar-refractivity contribution in [2.24, 2.45) is 5.92 Å². The maximum atomic E-state index is 12.8. The molecule has 0 amide bonds. The largest absolute Gasteiger partial charge is 0.389 e. The van der Waals surface area contributed by atoms with Crippen molar-refractivity contribution >= 4 is 31.5 Å². The van der Waals surface area contributed by atoms with Gasteiger partial charge in [0.25, 0.3) is 10.1 Å². The maximum Gasteiger partial charge on any atom is 0.389 e. The molecule has 1 N–H and O–H groups in total. The van der Waals surface area contributed by atoms with Gasteiger partial charge < -0.3 is 0 Å². The minimum Gasteiger partial charge on any atom is -0.289 e. The molecule has 28 heavy (non-hydrogen) atoms. The summed E-state index contributed by atoms with van der Waals surface area (Å²) >= 11 is 1.39. The molecule has 2 aromatic rings. The Kier molecular flexibility index (Phi) is 5.89. The fourth-order valence-corrected chi connectivity index (χ4v) is 6.03. The van der Waals surface area contributed by atoms with Crippen LogP contribution in [0, 0.1) is 5.92 Å². The Balaban J connectivity index is 2.06. The summed E-state index contributed by atoms with van der Waals surface area (Å²) in [5, 5.41) is -1.24.